The van der Waals surface area contributed by atoms with E-state index in [4.69, 9.17) is 5.26 Å². The van der Waals surface area contributed by atoms with Crippen molar-refractivity contribution < 1.29 is 15.0 Å². The van der Waals surface area contributed by atoms with Crippen molar-refractivity contribution in [1.82, 2.24) is 0 Å². The molecule has 0 unspecified atom stereocenters. The first-order valence-electron chi connectivity index (χ1n) is 5.83. The Kier molecular flexibility index (Phi) is 3.58. The third kappa shape index (κ3) is 2.54. The third-order valence-corrected chi connectivity index (χ3v) is 2.90. The van der Waals surface area contributed by atoms with Crippen molar-refractivity contribution in [2.45, 2.75) is 0 Å². The van der Waals surface area contributed by atoms with E-state index in [0.717, 1.165) is 6.07 Å². The van der Waals surface area contributed by atoms with Crippen LogP contribution in [0.3, 0.4) is 0 Å². The maximum atomic E-state index is 12.3. The Morgan fingerprint density at radius 3 is 2.35 bits per heavy atom. The second kappa shape index (κ2) is 5.33. The summed E-state index contributed by atoms with van der Waals surface area (Å²) in [5.41, 5.74) is 1.19. The van der Waals surface area contributed by atoms with Gasteiger partial charge in [0.15, 0.2) is 0 Å². The quantitative estimate of drug-likeness (QED) is 0.874. The maximum Gasteiger partial charge on any atom is 0.261 e. The number of benzene rings is 2. The van der Waals surface area contributed by atoms with Crippen LogP contribution >= 0.6 is 0 Å². The molecule has 100 valence electrons. The molecule has 0 aliphatic rings. The molecule has 2 aromatic carbocycles. The number of rotatable bonds is 2. The monoisotopic (exact) mass is 268 g/mol. The Balaban J connectivity index is 2.30. The van der Waals surface area contributed by atoms with E-state index in [1.54, 1.807) is 31.3 Å². The lowest BCUT2D eigenvalue weighted by molar-refractivity contribution is 0.0990. The van der Waals surface area contributed by atoms with Crippen LogP contribution in [0.5, 0.6) is 11.5 Å². The Morgan fingerprint density at radius 1 is 1.15 bits per heavy atom. The molecule has 0 radical (unpaired) electrons. The van der Waals surface area contributed by atoms with Crippen molar-refractivity contribution in [2.75, 3.05) is 11.9 Å². The van der Waals surface area contributed by atoms with E-state index in [0.29, 0.717) is 11.3 Å². The number of hydrogen-bond acceptors (Lipinski definition) is 4. The van der Waals surface area contributed by atoms with Gasteiger partial charge in [0, 0.05) is 18.8 Å². The summed E-state index contributed by atoms with van der Waals surface area (Å²) in [5.74, 6) is -0.803. The Morgan fingerprint density at radius 2 is 1.80 bits per heavy atom. The fraction of sp³-hybridized carbons (Fsp3) is 0.0667. The van der Waals surface area contributed by atoms with E-state index < -0.39 is 5.91 Å². The van der Waals surface area contributed by atoms with Crippen LogP contribution in [0.1, 0.15) is 15.9 Å². The first-order chi connectivity index (χ1) is 9.52. The zero-order valence-electron chi connectivity index (χ0n) is 10.7. The average molecular weight is 268 g/mol. The fourth-order valence-electron chi connectivity index (χ4n) is 1.76. The number of nitrogens with zero attached hydrogens (tertiary/aromatic N) is 2. The molecule has 2 aromatic rings. The second-order valence-corrected chi connectivity index (χ2v) is 4.22. The standard InChI is InChI=1S/C15H12N2O3/c1-17(11-4-2-10(9-16)3-5-11)15(20)13-7-6-12(18)8-14(13)19/h2-8,18-19H,1H3. The zero-order valence-corrected chi connectivity index (χ0v) is 10.7. The largest absolute Gasteiger partial charge is 0.508 e. The van der Waals surface area contributed by atoms with Gasteiger partial charge >= 0.3 is 0 Å². The number of aromatic hydroxyl groups is 2. The van der Waals surface area contributed by atoms with Gasteiger partial charge < -0.3 is 15.1 Å². The molecule has 5 heteroatoms. The van der Waals surface area contributed by atoms with Gasteiger partial charge in [0.05, 0.1) is 17.2 Å². The summed E-state index contributed by atoms with van der Waals surface area (Å²) in [4.78, 5) is 13.6. The number of phenols is 2. The maximum absolute atomic E-state index is 12.3. The highest BCUT2D eigenvalue weighted by atomic mass is 16.3. The minimum atomic E-state index is -0.410. The molecule has 0 heterocycles. The number of carbonyl (C=O) groups excluding carboxylic acids is 1. The first-order valence-corrected chi connectivity index (χ1v) is 5.83. The van der Waals surface area contributed by atoms with Crippen LogP contribution in [0.4, 0.5) is 5.69 Å². The number of phenolic OH excluding ortho intramolecular Hbond substituents is 2. The second-order valence-electron chi connectivity index (χ2n) is 4.22. The van der Waals surface area contributed by atoms with Gasteiger partial charge in [-0.2, -0.15) is 5.26 Å². The molecule has 0 fully saturated rings. The molecule has 20 heavy (non-hydrogen) atoms. The van der Waals surface area contributed by atoms with Crippen LogP contribution < -0.4 is 4.90 Å². The first kappa shape index (κ1) is 13.4. The van der Waals surface area contributed by atoms with Crippen molar-refractivity contribution in [1.29, 1.82) is 5.26 Å². The molecule has 0 aliphatic carbocycles. The molecular weight excluding hydrogens is 256 g/mol. The minimum Gasteiger partial charge on any atom is -0.508 e. The number of amides is 1. The van der Waals surface area contributed by atoms with Crippen LogP contribution in [0, 0.1) is 11.3 Å². The highest BCUT2D eigenvalue weighted by molar-refractivity contribution is 6.07. The number of carbonyl (C=O) groups is 1. The molecule has 0 saturated heterocycles. The molecular formula is C15H12N2O3. The van der Waals surface area contributed by atoms with E-state index >= 15 is 0 Å². The van der Waals surface area contributed by atoms with Crippen molar-refractivity contribution >= 4 is 11.6 Å². The summed E-state index contributed by atoms with van der Waals surface area (Å²) in [6, 6.07) is 12.3. The lowest BCUT2D eigenvalue weighted by Crippen LogP contribution is -2.26. The average Bonchev–Trinajstić information content (AvgIpc) is 2.46. The number of nitriles is 1. The van der Waals surface area contributed by atoms with Gasteiger partial charge in [-0.1, -0.05) is 0 Å². The molecule has 1 amide bonds. The van der Waals surface area contributed by atoms with Gasteiger partial charge in [-0.25, -0.2) is 0 Å². The number of anilines is 1. The van der Waals surface area contributed by atoms with Crippen LogP contribution in [-0.4, -0.2) is 23.2 Å². The van der Waals surface area contributed by atoms with Crippen molar-refractivity contribution in [3.8, 4) is 17.6 Å². The predicted octanol–water partition coefficient (Wildman–Crippen LogP) is 2.25. The minimum absolute atomic E-state index is 0.0923. The van der Waals surface area contributed by atoms with E-state index in [-0.39, 0.29) is 17.1 Å². The van der Waals surface area contributed by atoms with Crippen molar-refractivity contribution in [2.24, 2.45) is 0 Å². The normalized spacial score (nSPS) is 9.80. The summed E-state index contributed by atoms with van der Waals surface area (Å²) in [6.45, 7) is 0. The Bertz CT molecular complexity index is 687. The summed E-state index contributed by atoms with van der Waals surface area (Å²) in [5, 5.41) is 27.6. The molecule has 0 aliphatic heterocycles. The smallest absolute Gasteiger partial charge is 0.261 e. The lowest BCUT2D eigenvalue weighted by Gasteiger charge is -2.18. The molecule has 2 N–H and O–H groups in total. The summed E-state index contributed by atoms with van der Waals surface area (Å²) < 4.78 is 0. The van der Waals surface area contributed by atoms with Crippen molar-refractivity contribution in [3.05, 3.63) is 53.6 Å². The lowest BCUT2D eigenvalue weighted by atomic mass is 10.1. The van der Waals surface area contributed by atoms with E-state index in [2.05, 4.69) is 0 Å². The van der Waals surface area contributed by atoms with E-state index in [1.165, 1.54) is 17.0 Å². The van der Waals surface area contributed by atoms with Crippen LogP contribution in [0.2, 0.25) is 0 Å². The molecule has 0 aromatic heterocycles. The molecule has 0 atom stereocenters. The molecule has 5 nitrogen and oxygen atoms in total. The molecule has 0 spiro atoms. The van der Waals surface area contributed by atoms with Crippen LogP contribution in [0.25, 0.3) is 0 Å². The highest BCUT2D eigenvalue weighted by Gasteiger charge is 2.17. The van der Waals surface area contributed by atoms with Crippen LogP contribution in [0.15, 0.2) is 42.5 Å². The molecule has 0 saturated carbocycles. The summed E-state index contributed by atoms with van der Waals surface area (Å²) in [6.07, 6.45) is 0. The highest BCUT2D eigenvalue weighted by Crippen LogP contribution is 2.25. The fourth-order valence-corrected chi connectivity index (χ4v) is 1.76. The Labute approximate surface area is 115 Å². The van der Waals surface area contributed by atoms with Gasteiger partial charge in [-0.15, -0.1) is 0 Å². The molecule has 2 rings (SSSR count). The zero-order chi connectivity index (χ0) is 14.7. The Hall–Kier alpha value is -3.00. The van der Waals surface area contributed by atoms with Crippen LogP contribution in [-0.2, 0) is 0 Å². The SMILES string of the molecule is CN(C(=O)c1ccc(O)cc1O)c1ccc(C#N)cc1. The topological polar surface area (TPSA) is 84.6 Å². The molecule has 0 bridgehead atoms. The number of hydrogen-bond donors (Lipinski definition) is 2. The third-order valence-electron chi connectivity index (χ3n) is 2.90. The van der Waals surface area contributed by atoms with E-state index in [9.17, 15) is 15.0 Å². The van der Waals surface area contributed by atoms with Gasteiger partial charge in [0.1, 0.15) is 11.5 Å². The van der Waals surface area contributed by atoms with Gasteiger partial charge in [0.2, 0.25) is 0 Å². The summed E-state index contributed by atoms with van der Waals surface area (Å²) in [7, 11) is 1.57. The van der Waals surface area contributed by atoms with E-state index in [1.807, 2.05) is 6.07 Å². The van der Waals surface area contributed by atoms with Gasteiger partial charge in [-0.05, 0) is 36.4 Å². The summed E-state index contributed by atoms with van der Waals surface area (Å²) >= 11 is 0. The van der Waals surface area contributed by atoms with Gasteiger partial charge in [0.25, 0.3) is 5.91 Å². The van der Waals surface area contributed by atoms with Crippen molar-refractivity contribution in [3.63, 3.8) is 0 Å². The predicted molar refractivity (Wildman–Crippen MR) is 73.7 cm³/mol. The van der Waals surface area contributed by atoms with Gasteiger partial charge in [-0.3, -0.25) is 4.79 Å².